The number of aryl methyl sites for hydroxylation is 1. The van der Waals surface area contributed by atoms with E-state index in [9.17, 15) is 19.2 Å². The topological polar surface area (TPSA) is 115 Å². The van der Waals surface area contributed by atoms with Crippen molar-refractivity contribution in [1.29, 1.82) is 0 Å². The number of carbonyl (C=O) groups excluding carboxylic acids is 4. The number of aromatic nitrogens is 1. The fourth-order valence-electron chi connectivity index (χ4n) is 8.06. The average molecular weight is 750 g/mol. The Morgan fingerprint density at radius 3 is 2.50 bits per heavy atom. The van der Waals surface area contributed by atoms with Gasteiger partial charge in [0.15, 0.2) is 0 Å². The molecule has 3 N–H and O–H groups in total. The summed E-state index contributed by atoms with van der Waals surface area (Å²) in [5.41, 5.74) is 9.85. The summed E-state index contributed by atoms with van der Waals surface area (Å²) >= 11 is 0. The van der Waals surface area contributed by atoms with E-state index in [-0.39, 0.29) is 36.6 Å². The highest BCUT2D eigenvalue weighted by Crippen LogP contribution is 2.40. The van der Waals surface area contributed by atoms with E-state index in [0.29, 0.717) is 44.5 Å². The van der Waals surface area contributed by atoms with Crippen LogP contribution in [0.2, 0.25) is 0 Å². The van der Waals surface area contributed by atoms with E-state index in [1.54, 1.807) is 9.80 Å². The molecule has 2 heterocycles. The van der Waals surface area contributed by atoms with Crippen molar-refractivity contribution in [1.82, 2.24) is 20.1 Å². The first-order valence-electron chi connectivity index (χ1n) is 19.9. The lowest BCUT2D eigenvalue weighted by Crippen LogP contribution is -2.43. The van der Waals surface area contributed by atoms with Gasteiger partial charge in [-0.25, -0.2) is 0 Å². The van der Waals surface area contributed by atoms with Crippen LogP contribution in [0.4, 0.5) is 5.69 Å². The molecule has 1 aliphatic heterocycles. The number of rotatable bonds is 13. The number of hydrogen-bond acceptors (Lipinski definition) is 4. The maximum atomic E-state index is 13.7. The van der Waals surface area contributed by atoms with Gasteiger partial charge in [-0.15, -0.1) is 0 Å². The van der Waals surface area contributed by atoms with Crippen molar-refractivity contribution in [2.75, 3.05) is 25.0 Å². The first-order valence-corrected chi connectivity index (χ1v) is 19.9. The normalized spacial score (nSPS) is 16.6. The number of fused-ring (bicyclic) bond motifs is 1. The summed E-state index contributed by atoms with van der Waals surface area (Å²) in [6.07, 6.45) is 16.2. The Morgan fingerprint density at radius 1 is 0.893 bits per heavy atom. The summed E-state index contributed by atoms with van der Waals surface area (Å²) in [6.45, 7) is 5.21. The number of carbonyl (C=O) groups is 4. The Labute approximate surface area is 329 Å². The molecule has 1 fully saturated rings. The number of nitrogens with zero attached hydrogens (tertiary/aromatic N) is 2. The number of aromatic amines is 1. The molecule has 4 aromatic rings. The molecule has 0 spiro atoms. The van der Waals surface area contributed by atoms with Crippen LogP contribution in [0.1, 0.15) is 75.1 Å². The molecule has 3 aromatic carbocycles. The first-order chi connectivity index (χ1) is 27.2. The van der Waals surface area contributed by atoms with Crippen molar-refractivity contribution in [2.45, 2.75) is 77.7 Å². The molecule has 9 nitrogen and oxygen atoms in total. The van der Waals surface area contributed by atoms with Gasteiger partial charge in [0.2, 0.25) is 23.6 Å². The van der Waals surface area contributed by atoms with Crippen LogP contribution in [0, 0.1) is 6.92 Å². The number of hydrogen-bond donors (Lipinski definition) is 3. The lowest BCUT2D eigenvalue weighted by molar-refractivity contribution is -0.136. The molecule has 288 valence electrons. The van der Waals surface area contributed by atoms with Gasteiger partial charge in [0.05, 0.1) is 18.7 Å². The minimum absolute atomic E-state index is 0.0109. The van der Waals surface area contributed by atoms with E-state index in [0.717, 1.165) is 81.4 Å². The van der Waals surface area contributed by atoms with E-state index < -0.39 is 6.04 Å². The second kappa shape index (κ2) is 17.7. The SMILES string of the molecule is CCCN(CC(=O)NC1=CC=C(c2[nH]c3ccc(NC(=O)C4CCCN4C(=O)CC4=CC=CCC4)cc3c2-c2cccc(C)c2)CC1)C(=O)Cc1ccccc1. The molecule has 0 bridgehead atoms. The summed E-state index contributed by atoms with van der Waals surface area (Å²) in [5.74, 6) is -0.405. The lowest BCUT2D eigenvalue weighted by Gasteiger charge is -2.25. The summed E-state index contributed by atoms with van der Waals surface area (Å²) in [5, 5.41) is 7.19. The molecule has 1 unspecified atom stereocenters. The predicted octanol–water partition coefficient (Wildman–Crippen LogP) is 8.40. The standard InChI is InChI=1S/C47H51N5O4/c1-3-25-51(43(54)28-33-13-6-4-7-14-33)31-42(53)48-37-21-19-35(20-22-37)46-45(36-17-10-12-32(2)27-36)39-30-38(23-24-40(39)50-46)49-47(56)41-18-11-26-52(41)44(55)29-34-15-8-5-9-16-34/h4-8,10,12-15,17,19,21,23-24,27,30,41,50H,3,9,11,16,18,20,22,25-26,28-29,31H2,1-2H3,(H,48,53)(H,49,56). The Hall–Kier alpha value is -5.96. The average Bonchev–Trinajstić information content (AvgIpc) is 3.85. The molecule has 7 rings (SSSR count). The highest BCUT2D eigenvalue weighted by Gasteiger charge is 2.34. The van der Waals surface area contributed by atoms with Crippen LogP contribution in [0.3, 0.4) is 0 Å². The van der Waals surface area contributed by atoms with Gasteiger partial charge in [-0.2, -0.15) is 0 Å². The van der Waals surface area contributed by atoms with Crippen LogP contribution in [-0.4, -0.2) is 64.1 Å². The Balaban J connectivity index is 1.08. The smallest absolute Gasteiger partial charge is 0.247 e. The summed E-state index contributed by atoms with van der Waals surface area (Å²) in [7, 11) is 0. The molecule has 0 saturated carbocycles. The molecule has 56 heavy (non-hydrogen) atoms. The summed E-state index contributed by atoms with van der Waals surface area (Å²) in [6, 6.07) is 23.5. The zero-order valence-corrected chi connectivity index (χ0v) is 32.4. The molecule has 1 atom stereocenters. The number of nitrogens with one attached hydrogen (secondary N) is 3. The van der Waals surface area contributed by atoms with E-state index in [1.807, 2.05) is 73.7 Å². The number of likely N-dealkylation sites (tertiary alicyclic amines) is 1. The molecule has 1 saturated heterocycles. The summed E-state index contributed by atoms with van der Waals surface area (Å²) in [4.78, 5) is 60.3. The Morgan fingerprint density at radius 2 is 1.75 bits per heavy atom. The van der Waals surface area contributed by atoms with Crippen LogP contribution in [0.5, 0.6) is 0 Å². The van der Waals surface area contributed by atoms with Gasteiger partial charge in [0, 0.05) is 47.4 Å². The van der Waals surface area contributed by atoms with Gasteiger partial charge >= 0.3 is 0 Å². The maximum Gasteiger partial charge on any atom is 0.247 e. The van der Waals surface area contributed by atoms with Crippen molar-refractivity contribution in [3.05, 3.63) is 131 Å². The zero-order chi connectivity index (χ0) is 39.0. The molecule has 2 aliphatic carbocycles. The second-order valence-corrected chi connectivity index (χ2v) is 15.1. The van der Waals surface area contributed by atoms with Gasteiger partial charge in [-0.1, -0.05) is 97.0 Å². The van der Waals surface area contributed by atoms with E-state index in [1.165, 1.54) is 0 Å². The highest BCUT2D eigenvalue weighted by molar-refractivity contribution is 6.05. The second-order valence-electron chi connectivity index (χ2n) is 15.1. The monoisotopic (exact) mass is 749 g/mol. The maximum absolute atomic E-state index is 13.7. The van der Waals surface area contributed by atoms with Gasteiger partial charge in [0.1, 0.15) is 6.04 Å². The van der Waals surface area contributed by atoms with Crippen molar-refractivity contribution in [3.8, 4) is 11.1 Å². The highest BCUT2D eigenvalue weighted by atomic mass is 16.2. The Kier molecular flexibility index (Phi) is 12.1. The van der Waals surface area contributed by atoms with E-state index in [4.69, 9.17) is 0 Å². The van der Waals surface area contributed by atoms with Gasteiger partial charge in [-0.3, -0.25) is 19.2 Å². The van der Waals surface area contributed by atoms with Crippen LogP contribution >= 0.6 is 0 Å². The van der Waals surface area contributed by atoms with Gasteiger partial charge in [0.25, 0.3) is 0 Å². The largest absolute Gasteiger partial charge is 0.354 e. The van der Waals surface area contributed by atoms with E-state index in [2.05, 4.69) is 59.0 Å². The number of H-pyrrole nitrogens is 1. The Bertz CT molecular complexity index is 2240. The molecule has 9 heteroatoms. The number of anilines is 1. The third-order valence-electron chi connectivity index (χ3n) is 10.9. The lowest BCUT2D eigenvalue weighted by atomic mass is 9.93. The molecular weight excluding hydrogens is 699 g/mol. The number of amides is 4. The summed E-state index contributed by atoms with van der Waals surface area (Å²) < 4.78 is 0. The van der Waals surface area contributed by atoms with Crippen molar-refractivity contribution >= 4 is 45.8 Å². The molecule has 0 radical (unpaired) electrons. The van der Waals surface area contributed by atoms with Gasteiger partial charge in [-0.05, 0) is 92.8 Å². The number of allylic oxidation sites excluding steroid dienone is 7. The minimum Gasteiger partial charge on any atom is -0.354 e. The first kappa shape index (κ1) is 38.3. The van der Waals surface area contributed by atoms with Crippen LogP contribution < -0.4 is 10.6 Å². The zero-order valence-electron chi connectivity index (χ0n) is 32.4. The fraction of sp³-hybridized carbons (Fsp3) is 0.319. The quantitative estimate of drug-likeness (QED) is 0.127. The molecule has 4 amide bonds. The predicted molar refractivity (Wildman–Crippen MR) is 223 cm³/mol. The molecule has 1 aromatic heterocycles. The number of benzene rings is 3. The van der Waals surface area contributed by atoms with Crippen LogP contribution in [0.25, 0.3) is 27.6 Å². The van der Waals surface area contributed by atoms with Crippen molar-refractivity contribution < 1.29 is 19.2 Å². The van der Waals surface area contributed by atoms with Gasteiger partial charge < -0.3 is 25.4 Å². The van der Waals surface area contributed by atoms with Crippen LogP contribution in [0.15, 0.2) is 114 Å². The fourth-order valence-corrected chi connectivity index (χ4v) is 8.06. The molecular formula is C47H51N5O4. The van der Waals surface area contributed by atoms with Crippen molar-refractivity contribution in [3.63, 3.8) is 0 Å². The minimum atomic E-state index is -0.491. The van der Waals surface area contributed by atoms with Crippen LogP contribution in [-0.2, 0) is 25.6 Å². The third-order valence-corrected chi connectivity index (χ3v) is 10.9. The van der Waals surface area contributed by atoms with E-state index >= 15 is 0 Å². The van der Waals surface area contributed by atoms with Crippen molar-refractivity contribution in [2.24, 2.45) is 0 Å². The third kappa shape index (κ3) is 9.11. The molecule has 3 aliphatic rings.